The van der Waals surface area contributed by atoms with Gasteiger partial charge in [0.25, 0.3) is 0 Å². The summed E-state index contributed by atoms with van der Waals surface area (Å²) in [5, 5.41) is 2.06. The fraction of sp³-hybridized carbons (Fsp3) is 0.174. The van der Waals surface area contributed by atoms with E-state index < -0.39 is 0 Å². The van der Waals surface area contributed by atoms with E-state index in [-0.39, 0.29) is 6.79 Å². The van der Waals surface area contributed by atoms with Crippen LogP contribution in [0.5, 0.6) is 11.5 Å². The molecule has 1 aliphatic rings. The molecule has 0 saturated carbocycles. The van der Waals surface area contributed by atoms with Crippen LogP contribution in [0.2, 0.25) is 0 Å². The van der Waals surface area contributed by atoms with Crippen LogP contribution in [0.25, 0.3) is 21.7 Å². The van der Waals surface area contributed by atoms with E-state index in [0.717, 1.165) is 51.9 Å². The van der Waals surface area contributed by atoms with Crippen LogP contribution in [0.1, 0.15) is 5.69 Å². The molecule has 0 saturated heterocycles. The third-order valence-electron chi connectivity index (χ3n) is 4.99. The lowest BCUT2D eigenvalue weighted by Gasteiger charge is -2.18. The Morgan fingerprint density at radius 2 is 1.97 bits per heavy atom. The summed E-state index contributed by atoms with van der Waals surface area (Å²) in [6.07, 6.45) is 4.55. The topological polar surface area (TPSA) is 60.4 Å². The van der Waals surface area contributed by atoms with Crippen molar-refractivity contribution >= 4 is 17.3 Å². The van der Waals surface area contributed by atoms with Crippen molar-refractivity contribution < 1.29 is 9.47 Å². The highest BCUT2D eigenvalue weighted by Crippen LogP contribution is 2.39. The predicted molar refractivity (Wildman–Crippen MR) is 118 cm³/mol. The predicted octanol–water partition coefficient (Wildman–Crippen LogP) is 4.67. The first-order valence-corrected chi connectivity index (χ1v) is 10.6. The number of ether oxygens (including phenoxy) is 2. The molecule has 4 aromatic rings. The van der Waals surface area contributed by atoms with E-state index in [1.807, 2.05) is 61.9 Å². The van der Waals surface area contributed by atoms with Crippen molar-refractivity contribution in [1.82, 2.24) is 15.0 Å². The van der Waals surface area contributed by atoms with Crippen LogP contribution < -0.4 is 14.4 Å². The van der Waals surface area contributed by atoms with Crippen molar-refractivity contribution in [2.24, 2.45) is 0 Å². The van der Waals surface area contributed by atoms with Gasteiger partial charge in [-0.2, -0.15) is 0 Å². The number of fused-ring (bicyclic) bond motifs is 1. The van der Waals surface area contributed by atoms with Crippen LogP contribution in [0.3, 0.4) is 0 Å². The van der Waals surface area contributed by atoms with Crippen LogP contribution in [-0.2, 0) is 6.42 Å². The van der Waals surface area contributed by atoms with Crippen molar-refractivity contribution in [1.29, 1.82) is 0 Å². The van der Waals surface area contributed by atoms with E-state index in [1.54, 1.807) is 11.3 Å². The first-order chi connectivity index (χ1) is 14.8. The first kappa shape index (κ1) is 18.6. The van der Waals surface area contributed by atoms with Crippen molar-refractivity contribution in [3.63, 3.8) is 0 Å². The number of hydrogen-bond donors (Lipinski definition) is 0. The van der Waals surface area contributed by atoms with Crippen LogP contribution in [0, 0.1) is 0 Å². The van der Waals surface area contributed by atoms with Gasteiger partial charge in [-0.15, -0.1) is 11.3 Å². The second-order valence-electron chi connectivity index (χ2n) is 6.97. The molecule has 0 bridgehead atoms. The zero-order valence-corrected chi connectivity index (χ0v) is 17.3. The van der Waals surface area contributed by atoms with Gasteiger partial charge in [0.15, 0.2) is 11.5 Å². The third-order valence-corrected chi connectivity index (χ3v) is 5.86. The lowest BCUT2D eigenvalue weighted by atomic mass is 10.0. The van der Waals surface area contributed by atoms with Crippen LogP contribution in [-0.4, -0.2) is 35.3 Å². The molecule has 0 aliphatic carbocycles. The zero-order chi connectivity index (χ0) is 20.3. The van der Waals surface area contributed by atoms with Gasteiger partial charge in [0.2, 0.25) is 12.7 Å². The molecule has 1 aromatic carbocycles. The van der Waals surface area contributed by atoms with Gasteiger partial charge in [-0.25, -0.2) is 9.97 Å². The summed E-state index contributed by atoms with van der Waals surface area (Å²) in [5.41, 5.74) is 3.95. The summed E-state index contributed by atoms with van der Waals surface area (Å²) in [4.78, 5) is 17.2. The van der Waals surface area contributed by atoms with E-state index in [4.69, 9.17) is 14.5 Å². The van der Waals surface area contributed by atoms with Crippen molar-refractivity contribution in [3.8, 4) is 33.2 Å². The Hall–Kier alpha value is -3.45. The summed E-state index contributed by atoms with van der Waals surface area (Å²) < 4.78 is 11.0. The molecule has 0 amide bonds. The summed E-state index contributed by atoms with van der Waals surface area (Å²) >= 11 is 1.67. The Morgan fingerprint density at radius 1 is 1.03 bits per heavy atom. The lowest BCUT2D eigenvalue weighted by molar-refractivity contribution is 0.174. The maximum absolute atomic E-state index is 5.55. The van der Waals surface area contributed by atoms with Crippen LogP contribution in [0.15, 0.2) is 66.3 Å². The highest BCUT2D eigenvalue weighted by molar-refractivity contribution is 7.13. The Labute approximate surface area is 178 Å². The number of pyridine rings is 1. The number of rotatable bonds is 6. The van der Waals surface area contributed by atoms with E-state index in [0.29, 0.717) is 5.95 Å². The van der Waals surface area contributed by atoms with Gasteiger partial charge >= 0.3 is 0 Å². The Morgan fingerprint density at radius 3 is 2.80 bits per heavy atom. The smallest absolute Gasteiger partial charge is 0.231 e. The molecule has 1 aliphatic heterocycles. The van der Waals surface area contributed by atoms with Crippen LogP contribution in [0.4, 0.5) is 5.95 Å². The number of hydrogen-bond acceptors (Lipinski definition) is 7. The second-order valence-corrected chi connectivity index (χ2v) is 7.92. The molecule has 30 heavy (non-hydrogen) atoms. The monoisotopic (exact) mass is 416 g/mol. The van der Waals surface area contributed by atoms with E-state index in [2.05, 4.69) is 26.3 Å². The van der Waals surface area contributed by atoms with Gasteiger partial charge in [-0.3, -0.25) is 4.98 Å². The normalized spacial score (nSPS) is 12.2. The summed E-state index contributed by atoms with van der Waals surface area (Å²) in [5.74, 6) is 2.21. The van der Waals surface area contributed by atoms with E-state index >= 15 is 0 Å². The number of aromatic nitrogens is 3. The Balaban J connectivity index is 1.47. The largest absolute Gasteiger partial charge is 0.454 e. The lowest BCUT2D eigenvalue weighted by Crippen LogP contribution is -2.23. The molecular formula is C23H20N4O2S. The highest BCUT2D eigenvalue weighted by Gasteiger charge is 2.18. The number of nitrogens with zero attached hydrogens (tertiary/aromatic N) is 4. The third kappa shape index (κ3) is 3.71. The standard InChI is InChI=1S/C23H20N4O2S/c1-27(11-9-17-5-2-3-10-24-17)23-25-14-18(22(26-23)21-6-4-12-30-21)16-7-8-19-20(13-16)29-15-28-19/h2-8,10,12-14H,9,11,15H2,1H3. The number of thiophene rings is 1. The van der Waals surface area contributed by atoms with E-state index in [1.165, 1.54) is 0 Å². The molecule has 0 radical (unpaired) electrons. The fourth-order valence-corrected chi connectivity index (χ4v) is 4.09. The molecule has 3 aromatic heterocycles. The molecular weight excluding hydrogens is 396 g/mol. The SMILES string of the molecule is CN(CCc1ccccn1)c1ncc(-c2ccc3c(c2)OCO3)c(-c2cccs2)n1. The minimum atomic E-state index is 0.257. The second kappa shape index (κ2) is 8.12. The molecule has 0 spiro atoms. The van der Waals surface area contributed by atoms with Crippen LogP contribution >= 0.6 is 11.3 Å². The van der Waals surface area contributed by atoms with Gasteiger partial charge in [-0.1, -0.05) is 18.2 Å². The maximum atomic E-state index is 5.55. The molecule has 0 N–H and O–H groups in total. The number of benzene rings is 1. The molecule has 7 heteroatoms. The average Bonchev–Trinajstić information content (AvgIpc) is 3.49. The van der Waals surface area contributed by atoms with Crippen molar-refractivity contribution in [2.45, 2.75) is 6.42 Å². The minimum Gasteiger partial charge on any atom is -0.454 e. The molecule has 0 fully saturated rings. The number of anilines is 1. The van der Waals surface area contributed by atoms with Gasteiger partial charge < -0.3 is 14.4 Å². The first-order valence-electron chi connectivity index (χ1n) is 9.70. The molecule has 4 heterocycles. The fourth-order valence-electron chi connectivity index (χ4n) is 3.36. The van der Waals surface area contributed by atoms with Gasteiger partial charge in [-0.05, 0) is 41.3 Å². The average molecular weight is 417 g/mol. The van der Waals surface area contributed by atoms with Crippen molar-refractivity contribution in [3.05, 3.63) is 72.0 Å². The highest BCUT2D eigenvalue weighted by atomic mass is 32.1. The molecule has 0 unspecified atom stereocenters. The number of likely N-dealkylation sites (N-methyl/N-ethyl adjacent to an activating group) is 1. The Kier molecular flexibility index (Phi) is 5.03. The van der Waals surface area contributed by atoms with Crippen molar-refractivity contribution in [2.75, 3.05) is 25.3 Å². The minimum absolute atomic E-state index is 0.257. The van der Waals surface area contributed by atoms with Gasteiger partial charge in [0.05, 0.1) is 10.6 Å². The van der Waals surface area contributed by atoms with E-state index in [9.17, 15) is 0 Å². The summed E-state index contributed by atoms with van der Waals surface area (Å²) in [7, 11) is 2.01. The maximum Gasteiger partial charge on any atom is 0.231 e. The molecule has 150 valence electrons. The molecule has 6 nitrogen and oxygen atoms in total. The quantitative estimate of drug-likeness (QED) is 0.455. The molecule has 0 atom stereocenters. The molecule has 5 rings (SSSR count). The Bertz CT molecular complexity index is 1150. The summed E-state index contributed by atoms with van der Waals surface area (Å²) in [6.45, 7) is 1.04. The zero-order valence-electron chi connectivity index (χ0n) is 16.5. The summed E-state index contributed by atoms with van der Waals surface area (Å²) in [6, 6.07) is 16.0. The van der Waals surface area contributed by atoms with Gasteiger partial charge in [0.1, 0.15) is 0 Å². The van der Waals surface area contributed by atoms with Gasteiger partial charge in [0, 0.05) is 43.7 Å².